The van der Waals surface area contributed by atoms with Crippen molar-refractivity contribution in [3.05, 3.63) is 87.6 Å². The van der Waals surface area contributed by atoms with Gasteiger partial charge in [0.25, 0.3) is 11.8 Å². The monoisotopic (exact) mass is 462 g/mol. The van der Waals surface area contributed by atoms with Gasteiger partial charge >= 0.3 is 5.97 Å². The first kappa shape index (κ1) is 22.7. The summed E-state index contributed by atoms with van der Waals surface area (Å²) < 4.78 is 5.77. The van der Waals surface area contributed by atoms with Gasteiger partial charge in [-0.1, -0.05) is 42.5 Å². The number of hydrogen-bond acceptors (Lipinski definition) is 5. The number of nitrogens with one attached hydrogen (secondary N) is 1. The predicted molar refractivity (Wildman–Crippen MR) is 128 cm³/mol. The summed E-state index contributed by atoms with van der Waals surface area (Å²) in [4.78, 5) is 41.4. The van der Waals surface area contributed by atoms with Crippen LogP contribution in [-0.4, -0.2) is 35.3 Å². The molecule has 4 rings (SSSR count). The Hall–Kier alpha value is -3.45. The fourth-order valence-corrected chi connectivity index (χ4v) is 4.83. The number of nitrogens with zero attached hydrogens (tertiary/aromatic N) is 1. The van der Waals surface area contributed by atoms with Crippen molar-refractivity contribution < 1.29 is 19.1 Å². The highest BCUT2D eigenvalue weighted by Gasteiger charge is 2.38. The zero-order valence-corrected chi connectivity index (χ0v) is 19.4. The van der Waals surface area contributed by atoms with Crippen molar-refractivity contribution >= 4 is 34.8 Å². The summed E-state index contributed by atoms with van der Waals surface area (Å²) in [5.74, 6) is -1.18. The number of likely N-dealkylation sites (tertiary alicyclic amines) is 1. The lowest BCUT2D eigenvalue weighted by molar-refractivity contribution is -0.158. The summed E-state index contributed by atoms with van der Waals surface area (Å²) in [5.41, 5.74) is 3.26. The number of anilines is 1. The molecule has 1 N–H and O–H groups in total. The molecule has 1 aliphatic heterocycles. The Morgan fingerprint density at radius 2 is 1.76 bits per heavy atom. The first-order chi connectivity index (χ1) is 15.9. The van der Waals surface area contributed by atoms with Gasteiger partial charge in [-0.15, -0.1) is 11.3 Å². The standard InChI is InChI=1S/C26H26N2O4S/c1-17-14-18(2)16-20(15-17)27-24(29)23(19-8-4-3-5-9-19)32-26(31)21-10-6-12-28(21)25(30)22-11-7-13-33-22/h3-5,7-9,11,13-16,21,23H,6,10,12H2,1-2H3,(H,27,29)/t21-,23-/m0/s1. The van der Waals surface area contributed by atoms with Crippen LogP contribution in [0.15, 0.2) is 66.0 Å². The highest BCUT2D eigenvalue weighted by atomic mass is 32.1. The summed E-state index contributed by atoms with van der Waals surface area (Å²) in [5, 5.41) is 4.71. The van der Waals surface area contributed by atoms with Crippen LogP contribution >= 0.6 is 11.3 Å². The van der Waals surface area contributed by atoms with E-state index < -0.39 is 24.0 Å². The fraction of sp³-hybridized carbons (Fsp3) is 0.269. The Labute approximate surface area is 197 Å². The number of aryl methyl sites for hydroxylation is 2. The highest BCUT2D eigenvalue weighted by molar-refractivity contribution is 7.12. The third-order valence-electron chi connectivity index (χ3n) is 5.58. The maximum absolute atomic E-state index is 13.2. The van der Waals surface area contributed by atoms with Gasteiger partial charge in [-0.25, -0.2) is 4.79 Å². The number of benzene rings is 2. The van der Waals surface area contributed by atoms with Gasteiger partial charge < -0.3 is 15.0 Å². The van der Waals surface area contributed by atoms with Gasteiger partial charge in [-0.05, 0) is 61.4 Å². The summed E-state index contributed by atoms with van der Waals surface area (Å²) in [6.45, 7) is 4.40. The van der Waals surface area contributed by atoms with Crippen molar-refractivity contribution in [3.8, 4) is 0 Å². The summed E-state index contributed by atoms with van der Waals surface area (Å²) in [6.07, 6.45) is 0.0939. The molecule has 170 valence electrons. The number of ether oxygens (including phenoxy) is 1. The SMILES string of the molecule is Cc1cc(C)cc(NC(=O)[C@@H](OC(=O)[C@@H]2CCCN2C(=O)c2cccs2)c2ccccc2)c1. The quantitative estimate of drug-likeness (QED) is 0.529. The van der Waals surface area contributed by atoms with E-state index >= 15 is 0 Å². The largest absolute Gasteiger partial charge is 0.446 e. The molecule has 1 fully saturated rings. The molecular weight excluding hydrogens is 436 g/mol. The minimum absolute atomic E-state index is 0.180. The molecule has 2 heterocycles. The maximum atomic E-state index is 13.2. The number of esters is 1. The molecule has 0 bridgehead atoms. The Morgan fingerprint density at radius 3 is 2.42 bits per heavy atom. The minimum Gasteiger partial charge on any atom is -0.446 e. The molecule has 1 aliphatic rings. The molecular formula is C26H26N2O4S. The summed E-state index contributed by atoms with van der Waals surface area (Å²) in [7, 11) is 0. The molecule has 0 radical (unpaired) electrons. The van der Waals surface area contributed by atoms with Crippen LogP contribution in [0.3, 0.4) is 0 Å². The molecule has 2 atom stereocenters. The molecule has 0 saturated carbocycles. The van der Waals surface area contributed by atoms with E-state index in [1.165, 1.54) is 11.3 Å². The molecule has 2 aromatic carbocycles. The second kappa shape index (κ2) is 10.0. The van der Waals surface area contributed by atoms with E-state index in [9.17, 15) is 14.4 Å². The van der Waals surface area contributed by atoms with Gasteiger partial charge in [-0.2, -0.15) is 0 Å². The van der Waals surface area contributed by atoms with Crippen molar-refractivity contribution in [2.24, 2.45) is 0 Å². The van der Waals surface area contributed by atoms with E-state index in [4.69, 9.17) is 4.74 Å². The molecule has 1 aromatic heterocycles. The molecule has 3 aromatic rings. The van der Waals surface area contributed by atoms with Crippen LogP contribution in [0.25, 0.3) is 0 Å². The lowest BCUT2D eigenvalue weighted by atomic mass is 10.1. The Morgan fingerprint density at radius 1 is 1.03 bits per heavy atom. The van der Waals surface area contributed by atoms with Crippen molar-refractivity contribution in [2.75, 3.05) is 11.9 Å². The van der Waals surface area contributed by atoms with Crippen LogP contribution in [-0.2, 0) is 14.3 Å². The van der Waals surface area contributed by atoms with Gasteiger partial charge in [-0.3, -0.25) is 9.59 Å². The van der Waals surface area contributed by atoms with E-state index in [2.05, 4.69) is 5.32 Å². The second-order valence-corrected chi connectivity index (χ2v) is 9.17. The van der Waals surface area contributed by atoms with Crippen molar-refractivity contribution in [2.45, 2.75) is 38.8 Å². The van der Waals surface area contributed by atoms with Gasteiger partial charge in [0, 0.05) is 17.8 Å². The molecule has 0 spiro atoms. The van der Waals surface area contributed by atoms with E-state index in [0.717, 1.165) is 11.1 Å². The molecule has 0 aliphatic carbocycles. The second-order valence-electron chi connectivity index (χ2n) is 8.23. The van der Waals surface area contributed by atoms with Crippen LogP contribution in [0.1, 0.15) is 45.3 Å². The first-order valence-corrected chi connectivity index (χ1v) is 11.8. The average molecular weight is 463 g/mol. The third-order valence-corrected chi connectivity index (χ3v) is 6.44. The van der Waals surface area contributed by atoms with Gasteiger partial charge in [0.1, 0.15) is 6.04 Å². The number of hydrogen-bond donors (Lipinski definition) is 1. The number of rotatable bonds is 6. The summed E-state index contributed by atoms with van der Waals surface area (Å²) in [6, 6.07) is 17.5. The fourth-order valence-electron chi connectivity index (χ4n) is 4.15. The molecule has 2 amide bonds. The Kier molecular flexibility index (Phi) is 6.89. The lowest BCUT2D eigenvalue weighted by Crippen LogP contribution is -2.42. The number of carbonyl (C=O) groups excluding carboxylic acids is 3. The third kappa shape index (κ3) is 5.31. The topological polar surface area (TPSA) is 75.7 Å². The van der Waals surface area contributed by atoms with E-state index in [-0.39, 0.29) is 5.91 Å². The zero-order valence-electron chi connectivity index (χ0n) is 18.6. The normalized spacial score (nSPS) is 16.3. The Balaban J connectivity index is 1.54. The van der Waals surface area contributed by atoms with Crippen LogP contribution < -0.4 is 5.32 Å². The van der Waals surface area contributed by atoms with Gasteiger partial charge in [0.05, 0.1) is 4.88 Å². The first-order valence-electron chi connectivity index (χ1n) is 10.9. The average Bonchev–Trinajstić information content (AvgIpc) is 3.49. The van der Waals surface area contributed by atoms with Crippen LogP contribution in [0.4, 0.5) is 5.69 Å². The number of amides is 2. The lowest BCUT2D eigenvalue weighted by Gasteiger charge is -2.25. The number of carbonyl (C=O) groups is 3. The maximum Gasteiger partial charge on any atom is 0.329 e. The van der Waals surface area contributed by atoms with Gasteiger partial charge in [0.2, 0.25) is 6.10 Å². The molecule has 6 nitrogen and oxygen atoms in total. The van der Waals surface area contributed by atoms with Crippen molar-refractivity contribution in [1.82, 2.24) is 4.90 Å². The predicted octanol–water partition coefficient (Wildman–Crippen LogP) is 4.89. The Bertz CT molecular complexity index is 1120. The molecule has 33 heavy (non-hydrogen) atoms. The molecule has 7 heteroatoms. The highest BCUT2D eigenvalue weighted by Crippen LogP contribution is 2.27. The van der Waals surface area contributed by atoms with E-state index in [1.54, 1.807) is 35.2 Å². The van der Waals surface area contributed by atoms with Gasteiger partial charge in [0.15, 0.2) is 0 Å². The van der Waals surface area contributed by atoms with Crippen molar-refractivity contribution in [3.63, 3.8) is 0 Å². The molecule has 1 saturated heterocycles. The van der Waals surface area contributed by atoms with Crippen LogP contribution in [0.2, 0.25) is 0 Å². The summed E-state index contributed by atoms with van der Waals surface area (Å²) >= 11 is 1.34. The number of thiophene rings is 1. The van der Waals surface area contributed by atoms with Crippen molar-refractivity contribution in [1.29, 1.82) is 0 Å². The minimum atomic E-state index is -1.13. The zero-order chi connectivity index (χ0) is 23.4. The van der Waals surface area contributed by atoms with Crippen LogP contribution in [0, 0.1) is 13.8 Å². The van der Waals surface area contributed by atoms with E-state index in [0.29, 0.717) is 35.5 Å². The molecule has 0 unspecified atom stereocenters. The smallest absolute Gasteiger partial charge is 0.329 e. The van der Waals surface area contributed by atoms with E-state index in [1.807, 2.05) is 49.6 Å². The van der Waals surface area contributed by atoms with Crippen LogP contribution in [0.5, 0.6) is 0 Å².